The van der Waals surface area contributed by atoms with E-state index in [9.17, 15) is 9.59 Å². The predicted molar refractivity (Wildman–Crippen MR) is 59.3 cm³/mol. The van der Waals surface area contributed by atoms with Crippen LogP contribution >= 0.6 is 0 Å². The summed E-state index contributed by atoms with van der Waals surface area (Å²) in [7, 11) is 1.79. The molecule has 1 aromatic rings. The Labute approximate surface area is 94.6 Å². The first-order valence-electron chi connectivity index (χ1n) is 5.70. The maximum Gasteiger partial charge on any atom is 0.173 e. The molecule has 1 saturated carbocycles. The second-order valence-corrected chi connectivity index (χ2v) is 4.36. The largest absolute Gasteiger partial charge is 0.299 e. The zero-order valence-electron chi connectivity index (χ0n) is 9.69. The lowest BCUT2D eigenvalue weighted by Crippen LogP contribution is -2.10. The van der Waals surface area contributed by atoms with Crippen molar-refractivity contribution in [3.8, 4) is 0 Å². The molecule has 0 atom stereocenters. The predicted octanol–water partition coefficient (Wildman–Crippen LogP) is 1.53. The minimum absolute atomic E-state index is 0.0450. The highest BCUT2D eigenvalue weighted by molar-refractivity contribution is 6.09. The number of hydrogen-bond acceptors (Lipinski definition) is 3. The summed E-state index contributed by atoms with van der Waals surface area (Å²) >= 11 is 0. The van der Waals surface area contributed by atoms with Gasteiger partial charge in [0.05, 0.1) is 17.7 Å². The van der Waals surface area contributed by atoms with Gasteiger partial charge in [-0.05, 0) is 19.3 Å². The zero-order chi connectivity index (χ0) is 11.7. The highest BCUT2D eigenvalue weighted by atomic mass is 16.1. The molecule has 1 fully saturated rings. The molecular formula is C12H16N2O2. The standard InChI is InChI=1S/C12H16N2O2/c1-3-10-9(7-14(2)13-10)12(16)6-11(15)8-4-5-8/h7-8H,3-6H2,1-2H3. The summed E-state index contributed by atoms with van der Waals surface area (Å²) in [5.74, 6) is 0.170. The number of rotatable bonds is 5. The Hall–Kier alpha value is -1.45. The van der Waals surface area contributed by atoms with Crippen molar-refractivity contribution in [2.45, 2.75) is 32.6 Å². The van der Waals surface area contributed by atoms with Gasteiger partial charge in [-0.25, -0.2) is 0 Å². The van der Waals surface area contributed by atoms with E-state index >= 15 is 0 Å². The smallest absolute Gasteiger partial charge is 0.173 e. The second-order valence-electron chi connectivity index (χ2n) is 4.36. The van der Waals surface area contributed by atoms with E-state index in [-0.39, 0.29) is 23.9 Å². The van der Waals surface area contributed by atoms with Crippen molar-refractivity contribution in [1.29, 1.82) is 0 Å². The average Bonchev–Trinajstić information content (AvgIpc) is 3.01. The Kier molecular flexibility index (Phi) is 2.90. The molecule has 86 valence electrons. The maximum atomic E-state index is 11.9. The molecule has 0 aromatic carbocycles. The van der Waals surface area contributed by atoms with Gasteiger partial charge in [-0.15, -0.1) is 0 Å². The Morgan fingerprint density at radius 1 is 1.50 bits per heavy atom. The van der Waals surface area contributed by atoms with Gasteiger partial charge >= 0.3 is 0 Å². The van der Waals surface area contributed by atoms with Crippen LogP contribution in [-0.2, 0) is 18.3 Å². The number of Topliss-reactive ketones (excluding diaryl/α,β-unsaturated/α-hetero) is 2. The molecule has 0 unspecified atom stereocenters. The molecule has 0 saturated heterocycles. The molecule has 0 amide bonds. The molecule has 0 radical (unpaired) electrons. The van der Waals surface area contributed by atoms with Crippen molar-refractivity contribution in [2.75, 3.05) is 0 Å². The zero-order valence-corrected chi connectivity index (χ0v) is 9.69. The molecule has 0 spiro atoms. The third-order valence-electron chi connectivity index (χ3n) is 2.91. The van der Waals surface area contributed by atoms with E-state index in [1.54, 1.807) is 17.9 Å². The SMILES string of the molecule is CCc1nn(C)cc1C(=O)CC(=O)C1CC1. The van der Waals surface area contributed by atoms with Crippen LogP contribution in [0, 0.1) is 5.92 Å². The highest BCUT2D eigenvalue weighted by Crippen LogP contribution is 2.31. The third kappa shape index (κ3) is 2.21. The Balaban J connectivity index is 2.09. The maximum absolute atomic E-state index is 11.9. The first-order chi connectivity index (χ1) is 7.61. The molecule has 2 rings (SSSR count). The summed E-state index contributed by atoms with van der Waals surface area (Å²) in [6.07, 6.45) is 4.39. The normalized spacial score (nSPS) is 15.1. The van der Waals surface area contributed by atoms with Gasteiger partial charge in [0.25, 0.3) is 0 Å². The molecule has 0 N–H and O–H groups in total. The van der Waals surface area contributed by atoms with E-state index in [2.05, 4.69) is 5.10 Å². The van der Waals surface area contributed by atoms with Gasteiger partial charge in [-0.1, -0.05) is 6.92 Å². The number of carbonyl (C=O) groups is 2. The fraction of sp³-hybridized carbons (Fsp3) is 0.583. The monoisotopic (exact) mass is 220 g/mol. The van der Waals surface area contributed by atoms with Gasteiger partial charge in [-0.3, -0.25) is 14.3 Å². The average molecular weight is 220 g/mol. The van der Waals surface area contributed by atoms with Gasteiger partial charge in [0.2, 0.25) is 0 Å². The number of nitrogens with zero attached hydrogens (tertiary/aromatic N) is 2. The van der Waals surface area contributed by atoms with Crippen LogP contribution in [0.4, 0.5) is 0 Å². The molecular weight excluding hydrogens is 204 g/mol. The van der Waals surface area contributed by atoms with Crippen molar-refractivity contribution in [2.24, 2.45) is 13.0 Å². The van der Waals surface area contributed by atoms with Crippen LogP contribution in [0.2, 0.25) is 0 Å². The summed E-state index contributed by atoms with van der Waals surface area (Å²) in [6, 6.07) is 0. The topological polar surface area (TPSA) is 52.0 Å². The van der Waals surface area contributed by atoms with E-state index in [0.717, 1.165) is 25.0 Å². The lowest BCUT2D eigenvalue weighted by atomic mass is 10.0. The number of aromatic nitrogens is 2. The molecule has 1 aliphatic carbocycles. The van der Waals surface area contributed by atoms with Crippen LogP contribution in [0.1, 0.15) is 42.2 Å². The number of carbonyl (C=O) groups excluding carboxylic acids is 2. The molecule has 1 aliphatic rings. The molecule has 0 bridgehead atoms. The molecule has 4 nitrogen and oxygen atoms in total. The Morgan fingerprint density at radius 2 is 2.19 bits per heavy atom. The lowest BCUT2D eigenvalue weighted by molar-refractivity contribution is -0.119. The summed E-state index contributed by atoms with van der Waals surface area (Å²) in [5.41, 5.74) is 1.40. The van der Waals surface area contributed by atoms with Gasteiger partial charge in [0.15, 0.2) is 5.78 Å². The molecule has 16 heavy (non-hydrogen) atoms. The van der Waals surface area contributed by atoms with Gasteiger partial charge in [0.1, 0.15) is 5.78 Å². The van der Waals surface area contributed by atoms with Crippen LogP contribution in [-0.4, -0.2) is 21.3 Å². The van der Waals surface area contributed by atoms with Crippen molar-refractivity contribution in [1.82, 2.24) is 9.78 Å². The van der Waals surface area contributed by atoms with Crippen LogP contribution in [0.5, 0.6) is 0 Å². The van der Waals surface area contributed by atoms with Gasteiger partial charge in [0, 0.05) is 19.2 Å². The summed E-state index contributed by atoms with van der Waals surface area (Å²) in [5, 5.41) is 4.20. The quantitative estimate of drug-likeness (QED) is 0.558. The third-order valence-corrected chi connectivity index (χ3v) is 2.91. The van der Waals surface area contributed by atoms with E-state index in [1.165, 1.54) is 0 Å². The van der Waals surface area contributed by atoms with E-state index < -0.39 is 0 Å². The highest BCUT2D eigenvalue weighted by Gasteiger charge is 2.31. The van der Waals surface area contributed by atoms with Crippen molar-refractivity contribution < 1.29 is 9.59 Å². The molecule has 1 aromatic heterocycles. The summed E-state index contributed by atoms with van der Waals surface area (Å²) in [4.78, 5) is 23.5. The fourth-order valence-electron chi connectivity index (χ4n) is 1.83. The Bertz CT molecular complexity index is 430. The Morgan fingerprint density at radius 3 is 2.75 bits per heavy atom. The van der Waals surface area contributed by atoms with E-state index in [4.69, 9.17) is 0 Å². The van der Waals surface area contributed by atoms with E-state index in [0.29, 0.717) is 5.56 Å². The van der Waals surface area contributed by atoms with Crippen molar-refractivity contribution in [3.63, 3.8) is 0 Å². The molecule has 4 heteroatoms. The van der Waals surface area contributed by atoms with Gasteiger partial charge in [-0.2, -0.15) is 5.10 Å². The number of hydrogen-bond donors (Lipinski definition) is 0. The van der Waals surface area contributed by atoms with Crippen molar-refractivity contribution in [3.05, 3.63) is 17.5 Å². The lowest BCUT2D eigenvalue weighted by Gasteiger charge is -1.98. The first kappa shape index (κ1) is 11.0. The van der Waals surface area contributed by atoms with Crippen molar-refractivity contribution >= 4 is 11.6 Å². The van der Waals surface area contributed by atoms with Gasteiger partial charge < -0.3 is 0 Å². The fourth-order valence-corrected chi connectivity index (χ4v) is 1.83. The van der Waals surface area contributed by atoms with Crippen LogP contribution in [0.25, 0.3) is 0 Å². The molecule has 1 heterocycles. The minimum Gasteiger partial charge on any atom is -0.299 e. The van der Waals surface area contributed by atoms with E-state index in [1.807, 2.05) is 6.92 Å². The van der Waals surface area contributed by atoms with Crippen LogP contribution in [0.15, 0.2) is 6.20 Å². The number of ketones is 2. The minimum atomic E-state index is -0.0816. The van der Waals surface area contributed by atoms with Crippen LogP contribution in [0.3, 0.4) is 0 Å². The first-order valence-corrected chi connectivity index (χ1v) is 5.70. The second kappa shape index (κ2) is 4.20. The van der Waals surface area contributed by atoms with Crippen LogP contribution < -0.4 is 0 Å². The number of aryl methyl sites for hydroxylation is 2. The molecule has 0 aliphatic heterocycles. The summed E-state index contributed by atoms with van der Waals surface area (Å²) in [6.45, 7) is 1.96. The summed E-state index contributed by atoms with van der Waals surface area (Å²) < 4.78 is 1.63.